The number of halogens is 2. The number of aliphatic hydroxyl groups excluding tert-OH is 2. The number of piperazine rings is 1. The van der Waals surface area contributed by atoms with Gasteiger partial charge in [-0.15, -0.1) is 24.8 Å². The number of ether oxygens (including phenoxy) is 2. The summed E-state index contributed by atoms with van der Waals surface area (Å²) in [6.45, 7) is 2.57. The summed E-state index contributed by atoms with van der Waals surface area (Å²) in [5, 5.41) is 20.1. The molecule has 0 unspecified atom stereocenters. The lowest BCUT2D eigenvalue weighted by Gasteiger charge is -2.41. The number of rotatable bonds is 7. The Morgan fingerprint density at radius 2 is 1.80 bits per heavy atom. The third-order valence-corrected chi connectivity index (χ3v) is 6.04. The van der Waals surface area contributed by atoms with Crippen LogP contribution in [0.3, 0.4) is 0 Å². The van der Waals surface area contributed by atoms with Gasteiger partial charge >= 0.3 is 0 Å². The van der Waals surface area contributed by atoms with Crippen LogP contribution in [-0.4, -0.2) is 101 Å². The van der Waals surface area contributed by atoms with Crippen LogP contribution < -0.4 is 14.4 Å². The van der Waals surface area contributed by atoms with Crippen LogP contribution in [0.15, 0.2) is 24.3 Å². The minimum atomic E-state index is -3.37. The van der Waals surface area contributed by atoms with Crippen molar-refractivity contribution >= 4 is 40.5 Å². The highest BCUT2D eigenvalue weighted by Gasteiger charge is 2.46. The van der Waals surface area contributed by atoms with Gasteiger partial charge in [0.25, 0.3) is 0 Å². The van der Waals surface area contributed by atoms with E-state index in [0.717, 1.165) is 30.8 Å². The average Bonchev–Trinajstić information content (AvgIpc) is 3.01. The highest BCUT2D eigenvalue weighted by atomic mass is 35.5. The van der Waals surface area contributed by atoms with Gasteiger partial charge in [0.05, 0.1) is 37.8 Å². The maximum atomic E-state index is 11.5. The second-order valence-corrected chi connectivity index (χ2v) is 9.03. The maximum absolute atomic E-state index is 11.5. The van der Waals surface area contributed by atoms with Gasteiger partial charge in [0.2, 0.25) is 10.0 Å². The van der Waals surface area contributed by atoms with Crippen molar-refractivity contribution in [3.63, 3.8) is 0 Å². The lowest BCUT2D eigenvalue weighted by Crippen LogP contribution is -2.57. The van der Waals surface area contributed by atoms with E-state index in [-0.39, 0.29) is 44.0 Å². The molecule has 2 heterocycles. The number of aliphatic hydroxyl groups is 2. The Kier molecular flexibility index (Phi) is 10.6. The first-order valence-corrected chi connectivity index (χ1v) is 11.2. The van der Waals surface area contributed by atoms with Gasteiger partial charge in [0.1, 0.15) is 18.0 Å². The molecule has 0 aromatic heterocycles. The molecule has 2 aliphatic rings. The second-order valence-electron chi connectivity index (χ2n) is 7.19. The zero-order chi connectivity index (χ0) is 20.3. The predicted octanol–water partition coefficient (Wildman–Crippen LogP) is -0.301. The molecule has 2 fully saturated rings. The van der Waals surface area contributed by atoms with E-state index in [4.69, 9.17) is 9.47 Å². The molecule has 4 atom stereocenters. The number of methoxy groups -OCH3 is 1. The van der Waals surface area contributed by atoms with Crippen molar-refractivity contribution in [1.29, 1.82) is 0 Å². The number of anilines is 1. The molecule has 2 saturated heterocycles. The second kappa shape index (κ2) is 11.7. The number of benzene rings is 1. The third kappa shape index (κ3) is 6.33. The summed E-state index contributed by atoms with van der Waals surface area (Å²) < 4.78 is 36.5. The van der Waals surface area contributed by atoms with Gasteiger partial charge in [-0.2, -0.15) is 0 Å². The molecule has 3 rings (SSSR count). The standard InChI is InChI=1S/C18H29N3O6S.2ClH/c1-26-14-6-4-3-5-13(14)20-7-9-21(10-8-20)17-15(11-19-28(2,24)25)27-16(12-22)18(17)23;;/h3-6,15-19,22-23H,7-12H2,1-2H3;2*1H/t15-,16+,17+,18-;;/m1../s1. The van der Waals surface area contributed by atoms with E-state index >= 15 is 0 Å². The molecule has 0 aliphatic carbocycles. The molecular weight excluding hydrogens is 457 g/mol. The summed E-state index contributed by atoms with van der Waals surface area (Å²) in [6.07, 6.45) is -1.04. The van der Waals surface area contributed by atoms with Crippen molar-refractivity contribution in [2.24, 2.45) is 0 Å². The van der Waals surface area contributed by atoms with E-state index in [1.54, 1.807) is 7.11 Å². The summed E-state index contributed by atoms with van der Waals surface area (Å²) >= 11 is 0. The lowest BCUT2D eigenvalue weighted by atomic mass is 10.0. The van der Waals surface area contributed by atoms with Gasteiger partial charge in [-0.05, 0) is 12.1 Å². The fourth-order valence-electron chi connectivity index (χ4n) is 3.98. The molecule has 174 valence electrons. The molecular formula is C18H31Cl2N3O6S. The number of nitrogens with zero attached hydrogens (tertiary/aromatic N) is 2. The quantitative estimate of drug-likeness (QED) is 0.480. The average molecular weight is 488 g/mol. The topological polar surface area (TPSA) is 112 Å². The summed E-state index contributed by atoms with van der Waals surface area (Å²) in [5.41, 5.74) is 1.02. The normalized spacial score (nSPS) is 27.3. The zero-order valence-corrected chi connectivity index (χ0v) is 19.5. The van der Waals surface area contributed by atoms with Crippen LogP contribution in [0.2, 0.25) is 0 Å². The largest absolute Gasteiger partial charge is 0.495 e. The van der Waals surface area contributed by atoms with Crippen molar-refractivity contribution in [2.45, 2.75) is 24.4 Å². The number of nitrogens with one attached hydrogen (secondary N) is 1. The van der Waals surface area contributed by atoms with E-state index in [2.05, 4.69) is 14.5 Å². The Morgan fingerprint density at radius 3 is 2.37 bits per heavy atom. The minimum Gasteiger partial charge on any atom is -0.495 e. The summed E-state index contributed by atoms with van der Waals surface area (Å²) in [4.78, 5) is 4.34. The predicted molar refractivity (Wildman–Crippen MR) is 120 cm³/mol. The molecule has 0 bridgehead atoms. The number of hydrogen-bond donors (Lipinski definition) is 3. The molecule has 0 spiro atoms. The minimum absolute atomic E-state index is 0. The number of sulfonamides is 1. The monoisotopic (exact) mass is 487 g/mol. The van der Waals surface area contributed by atoms with Crippen molar-refractivity contribution in [3.8, 4) is 5.75 Å². The first-order chi connectivity index (χ1) is 13.3. The molecule has 9 nitrogen and oxygen atoms in total. The van der Waals surface area contributed by atoms with Crippen LogP contribution in [0.25, 0.3) is 0 Å². The lowest BCUT2D eigenvalue weighted by molar-refractivity contribution is -0.0201. The van der Waals surface area contributed by atoms with Gasteiger partial charge in [-0.1, -0.05) is 12.1 Å². The SMILES string of the molecule is COc1ccccc1N1CCN([C@@H]2[C@H](O)[C@H](CO)O[C@@H]2CNS(C)(=O)=O)CC1.Cl.Cl. The van der Waals surface area contributed by atoms with E-state index in [1.165, 1.54) is 0 Å². The van der Waals surface area contributed by atoms with Crippen molar-refractivity contribution < 1.29 is 28.1 Å². The first-order valence-electron chi connectivity index (χ1n) is 9.35. The van der Waals surface area contributed by atoms with Crippen LogP contribution >= 0.6 is 24.8 Å². The van der Waals surface area contributed by atoms with Gasteiger partial charge in [-0.3, -0.25) is 4.90 Å². The summed E-state index contributed by atoms with van der Waals surface area (Å²) in [7, 11) is -1.73. The van der Waals surface area contributed by atoms with Crippen LogP contribution in [0.5, 0.6) is 5.75 Å². The highest BCUT2D eigenvalue weighted by Crippen LogP contribution is 2.31. The molecule has 0 radical (unpaired) electrons. The Balaban J connectivity index is 0.00000225. The van der Waals surface area contributed by atoms with E-state index < -0.39 is 28.3 Å². The van der Waals surface area contributed by atoms with Crippen LogP contribution in [0.1, 0.15) is 0 Å². The van der Waals surface area contributed by atoms with E-state index in [9.17, 15) is 18.6 Å². The molecule has 12 heteroatoms. The maximum Gasteiger partial charge on any atom is 0.208 e. The fraction of sp³-hybridized carbons (Fsp3) is 0.667. The Morgan fingerprint density at radius 1 is 1.17 bits per heavy atom. The molecule has 1 aromatic rings. The first kappa shape index (κ1) is 27.2. The molecule has 1 aromatic carbocycles. The van der Waals surface area contributed by atoms with Gasteiger partial charge in [-0.25, -0.2) is 13.1 Å². The highest BCUT2D eigenvalue weighted by molar-refractivity contribution is 7.88. The van der Waals surface area contributed by atoms with Gasteiger partial charge in [0, 0.05) is 32.7 Å². The van der Waals surface area contributed by atoms with Gasteiger partial charge in [0.15, 0.2) is 0 Å². The van der Waals surface area contributed by atoms with Crippen LogP contribution in [0, 0.1) is 0 Å². The Bertz CT molecular complexity index is 764. The third-order valence-electron chi connectivity index (χ3n) is 5.35. The van der Waals surface area contributed by atoms with Crippen molar-refractivity contribution in [2.75, 3.05) is 57.6 Å². The van der Waals surface area contributed by atoms with Gasteiger partial charge < -0.3 is 24.6 Å². The van der Waals surface area contributed by atoms with Crippen molar-refractivity contribution in [3.05, 3.63) is 24.3 Å². The van der Waals surface area contributed by atoms with Crippen molar-refractivity contribution in [1.82, 2.24) is 9.62 Å². The Hall–Kier alpha value is -0.850. The fourth-order valence-corrected chi connectivity index (χ4v) is 4.45. The van der Waals surface area contributed by atoms with E-state index in [0.29, 0.717) is 13.1 Å². The number of hydrogen-bond acceptors (Lipinski definition) is 8. The molecule has 0 amide bonds. The molecule has 2 aliphatic heterocycles. The van der Waals surface area contributed by atoms with Crippen LogP contribution in [-0.2, 0) is 14.8 Å². The molecule has 30 heavy (non-hydrogen) atoms. The summed E-state index contributed by atoms with van der Waals surface area (Å²) in [6, 6.07) is 7.46. The number of para-hydroxylation sites is 2. The molecule has 3 N–H and O–H groups in total. The summed E-state index contributed by atoms with van der Waals surface area (Å²) in [5.74, 6) is 0.816. The smallest absolute Gasteiger partial charge is 0.208 e. The van der Waals surface area contributed by atoms with E-state index in [1.807, 2.05) is 24.3 Å². The zero-order valence-electron chi connectivity index (χ0n) is 17.0. The molecule has 0 saturated carbocycles. The Labute approximate surface area is 190 Å². The van der Waals surface area contributed by atoms with Crippen LogP contribution in [0.4, 0.5) is 5.69 Å².